The lowest BCUT2D eigenvalue weighted by Gasteiger charge is -2.14. The van der Waals surface area contributed by atoms with E-state index in [-0.39, 0.29) is 5.75 Å². The molecule has 0 unspecified atom stereocenters. The van der Waals surface area contributed by atoms with Crippen LogP contribution in [0.2, 0.25) is 0 Å². The lowest BCUT2D eigenvalue weighted by Crippen LogP contribution is -2.20. The number of para-hydroxylation sites is 1. The van der Waals surface area contributed by atoms with Gasteiger partial charge in [0.1, 0.15) is 0 Å². The van der Waals surface area contributed by atoms with Crippen molar-refractivity contribution in [2.24, 2.45) is 0 Å². The topological polar surface area (TPSA) is 58.2 Å². The van der Waals surface area contributed by atoms with Gasteiger partial charge in [0.05, 0.1) is 11.4 Å². The van der Waals surface area contributed by atoms with E-state index < -0.39 is 10.0 Å². The zero-order valence-corrected chi connectivity index (χ0v) is 13.5. The summed E-state index contributed by atoms with van der Waals surface area (Å²) >= 11 is 0. The van der Waals surface area contributed by atoms with E-state index in [2.05, 4.69) is 23.9 Å². The molecule has 20 heavy (non-hydrogen) atoms. The van der Waals surface area contributed by atoms with Gasteiger partial charge < -0.3 is 5.32 Å². The van der Waals surface area contributed by atoms with Crippen molar-refractivity contribution in [2.45, 2.75) is 39.5 Å². The van der Waals surface area contributed by atoms with Crippen molar-refractivity contribution >= 4 is 15.7 Å². The first-order valence-corrected chi connectivity index (χ1v) is 8.91. The predicted molar refractivity (Wildman–Crippen MR) is 85.7 cm³/mol. The second kappa shape index (κ2) is 8.27. The third-order valence-corrected chi connectivity index (χ3v) is 4.47. The summed E-state index contributed by atoms with van der Waals surface area (Å²) in [6.45, 7) is 7.95. The van der Waals surface area contributed by atoms with Gasteiger partial charge in [-0.3, -0.25) is 4.72 Å². The smallest absolute Gasteiger partial charge is 0.232 e. The molecule has 2 N–H and O–H groups in total. The van der Waals surface area contributed by atoms with Crippen LogP contribution in [0, 0.1) is 0 Å². The van der Waals surface area contributed by atoms with Crippen LogP contribution < -0.4 is 10.0 Å². The minimum Gasteiger partial charge on any atom is -0.317 e. The third kappa shape index (κ3) is 5.92. The van der Waals surface area contributed by atoms with E-state index in [9.17, 15) is 8.42 Å². The highest BCUT2D eigenvalue weighted by atomic mass is 32.2. The van der Waals surface area contributed by atoms with Crippen molar-refractivity contribution in [3.63, 3.8) is 0 Å². The van der Waals surface area contributed by atoms with Crippen LogP contribution in [0.4, 0.5) is 5.69 Å². The molecule has 0 aliphatic heterocycles. The summed E-state index contributed by atoms with van der Waals surface area (Å²) < 4.78 is 26.9. The Morgan fingerprint density at radius 2 is 1.85 bits per heavy atom. The van der Waals surface area contributed by atoms with Crippen LogP contribution in [-0.2, 0) is 10.0 Å². The maximum absolute atomic E-state index is 12.1. The number of benzene rings is 1. The van der Waals surface area contributed by atoms with Crippen LogP contribution >= 0.6 is 0 Å². The van der Waals surface area contributed by atoms with E-state index in [1.54, 1.807) is 0 Å². The summed E-state index contributed by atoms with van der Waals surface area (Å²) in [5.41, 5.74) is 1.73. The number of unbranched alkanes of at least 4 members (excludes halogenated alkanes) is 1. The fourth-order valence-corrected chi connectivity index (χ4v) is 3.24. The summed E-state index contributed by atoms with van der Waals surface area (Å²) in [4.78, 5) is 0. The van der Waals surface area contributed by atoms with Crippen molar-refractivity contribution in [1.82, 2.24) is 5.32 Å². The van der Waals surface area contributed by atoms with Crippen molar-refractivity contribution in [2.75, 3.05) is 23.6 Å². The maximum atomic E-state index is 12.1. The van der Waals surface area contributed by atoms with Crippen molar-refractivity contribution in [1.29, 1.82) is 0 Å². The molecule has 0 atom stereocenters. The third-order valence-electron chi connectivity index (χ3n) is 3.11. The van der Waals surface area contributed by atoms with Gasteiger partial charge in [-0.05, 0) is 43.5 Å². The molecule has 0 bridgehead atoms. The summed E-state index contributed by atoms with van der Waals surface area (Å²) in [5, 5.41) is 3.19. The Hall–Kier alpha value is -1.07. The molecule has 0 heterocycles. The minimum absolute atomic E-state index is 0.171. The molecule has 0 aromatic heterocycles. The zero-order chi connectivity index (χ0) is 15.0. The molecular weight excluding hydrogens is 272 g/mol. The highest BCUT2D eigenvalue weighted by Gasteiger charge is 2.13. The molecule has 114 valence electrons. The molecule has 0 saturated carbocycles. The Morgan fingerprint density at radius 1 is 1.15 bits per heavy atom. The molecule has 5 heteroatoms. The van der Waals surface area contributed by atoms with E-state index in [0.717, 1.165) is 25.1 Å². The number of rotatable bonds is 9. The summed E-state index contributed by atoms with van der Waals surface area (Å²) in [5.74, 6) is 0.466. The van der Waals surface area contributed by atoms with Crippen LogP contribution in [0.3, 0.4) is 0 Å². The molecule has 0 aliphatic rings. The summed E-state index contributed by atoms with van der Waals surface area (Å²) in [7, 11) is -3.26. The molecular formula is C15H26N2O2S. The van der Waals surface area contributed by atoms with Crippen molar-refractivity contribution < 1.29 is 8.42 Å². The van der Waals surface area contributed by atoms with Gasteiger partial charge in [-0.2, -0.15) is 0 Å². The lowest BCUT2D eigenvalue weighted by molar-refractivity contribution is 0.593. The molecule has 0 radical (unpaired) electrons. The number of anilines is 1. The molecule has 1 aromatic carbocycles. The standard InChI is InChI=1S/C15H26N2O2S/c1-4-16-11-7-8-12-20(18,19)17-15-10-6-5-9-14(15)13(2)3/h5-6,9-10,13,16-17H,4,7-8,11-12H2,1-3H3. The highest BCUT2D eigenvalue weighted by Crippen LogP contribution is 2.24. The largest absolute Gasteiger partial charge is 0.317 e. The number of sulfonamides is 1. The Morgan fingerprint density at radius 3 is 2.50 bits per heavy atom. The molecule has 0 aliphatic carbocycles. The lowest BCUT2D eigenvalue weighted by atomic mass is 10.0. The molecule has 0 fully saturated rings. The van der Waals surface area contributed by atoms with E-state index in [1.807, 2.05) is 31.2 Å². The monoisotopic (exact) mass is 298 g/mol. The van der Waals surface area contributed by atoms with Crippen LogP contribution in [0.5, 0.6) is 0 Å². The Kier molecular flexibility index (Phi) is 7.02. The van der Waals surface area contributed by atoms with Gasteiger partial charge in [0.2, 0.25) is 10.0 Å². The van der Waals surface area contributed by atoms with Gasteiger partial charge in [0, 0.05) is 0 Å². The second-order valence-corrected chi connectivity index (χ2v) is 7.07. The molecule has 0 spiro atoms. The Balaban J connectivity index is 2.58. The van der Waals surface area contributed by atoms with Crippen molar-refractivity contribution in [3.05, 3.63) is 29.8 Å². The average molecular weight is 298 g/mol. The van der Waals surface area contributed by atoms with Gasteiger partial charge in [0.15, 0.2) is 0 Å². The van der Waals surface area contributed by atoms with Gasteiger partial charge in [-0.25, -0.2) is 8.42 Å². The first-order chi connectivity index (χ1) is 9.46. The van der Waals surface area contributed by atoms with Gasteiger partial charge in [-0.1, -0.05) is 39.0 Å². The van der Waals surface area contributed by atoms with E-state index >= 15 is 0 Å². The first-order valence-electron chi connectivity index (χ1n) is 7.26. The van der Waals surface area contributed by atoms with Crippen LogP contribution in [0.15, 0.2) is 24.3 Å². The number of nitrogens with one attached hydrogen (secondary N) is 2. The van der Waals surface area contributed by atoms with E-state index in [4.69, 9.17) is 0 Å². The molecule has 1 aromatic rings. The van der Waals surface area contributed by atoms with Gasteiger partial charge >= 0.3 is 0 Å². The normalized spacial score (nSPS) is 11.8. The molecule has 0 amide bonds. The molecule has 4 nitrogen and oxygen atoms in total. The Labute approximate surface area is 123 Å². The average Bonchev–Trinajstić information content (AvgIpc) is 2.38. The van der Waals surface area contributed by atoms with Crippen LogP contribution in [0.25, 0.3) is 0 Å². The van der Waals surface area contributed by atoms with Crippen molar-refractivity contribution in [3.8, 4) is 0 Å². The quantitative estimate of drug-likeness (QED) is 0.689. The van der Waals surface area contributed by atoms with Gasteiger partial charge in [-0.15, -0.1) is 0 Å². The maximum Gasteiger partial charge on any atom is 0.232 e. The van der Waals surface area contributed by atoms with E-state index in [1.165, 1.54) is 0 Å². The number of hydrogen-bond acceptors (Lipinski definition) is 3. The van der Waals surface area contributed by atoms with E-state index in [0.29, 0.717) is 18.0 Å². The second-order valence-electron chi connectivity index (χ2n) is 5.22. The van der Waals surface area contributed by atoms with Crippen LogP contribution in [0.1, 0.15) is 45.1 Å². The zero-order valence-electron chi connectivity index (χ0n) is 12.6. The number of hydrogen-bond donors (Lipinski definition) is 2. The molecule has 1 rings (SSSR count). The fourth-order valence-electron chi connectivity index (χ4n) is 2.03. The predicted octanol–water partition coefficient (Wildman–Crippen LogP) is 2.94. The summed E-state index contributed by atoms with van der Waals surface area (Å²) in [6.07, 6.45) is 1.55. The minimum atomic E-state index is -3.26. The summed E-state index contributed by atoms with van der Waals surface area (Å²) in [6, 6.07) is 7.58. The Bertz CT molecular complexity index is 498. The fraction of sp³-hybridized carbons (Fsp3) is 0.600. The molecule has 0 saturated heterocycles. The van der Waals surface area contributed by atoms with Crippen LogP contribution in [-0.4, -0.2) is 27.3 Å². The highest BCUT2D eigenvalue weighted by molar-refractivity contribution is 7.92. The first kappa shape index (κ1) is 17.0. The van der Waals surface area contributed by atoms with Gasteiger partial charge in [0.25, 0.3) is 0 Å². The SMILES string of the molecule is CCNCCCCS(=O)(=O)Nc1ccccc1C(C)C.